The number of halogens is 4. The number of carbonyl (C=O) groups is 1. The first kappa shape index (κ1) is 19.9. The largest absolute Gasteiger partial charge is 0.573 e. The van der Waals surface area contributed by atoms with Gasteiger partial charge in [-0.05, 0) is 30.3 Å². The van der Waals surface area contributed by atoms with E-state index >= 15 is 0 Å². The fraction of sp³-hybridized carbons (Fsp3) is 0.167. The molecular weight excluding hydrogens is 443 g/mol. The molecule has 146 valence electrons. The monoisotopic (exact) mass is 455 g/mol. The summed E-state index contributed by atoms with van der Waals surface area (Å²) in [5.41, 5.74) is 0.0878. The van der Waals surface area contributed by atoms with E-state index in [0.29, 0.717) is 10.9 Å². The van der Waals surface area contributed by atoms with Crippen LogP contribution in [0.3, 0.4) is 0 Å². The predicted octanol–water partition coefficient (Wildman–Crippen LogP) is 4.09. The van der Waals surface area contributed by atoms with E-state index in [1.165, 1.54) is 29.1 Å². The predicted molar refractivity (Wildman–Crippen MR) is 100 cm³/mol. The van der Waals surface area contributed by atoms with Gasteiger partial charge in [0.2, 0.25) is 5.91 Å². The molecule has 0 atom stereocenters. The minimum absolute atomic E-state index is 0.0163. The standard InChI is InChI=1S/C18H13BrF3N3O3/c19-11-5-6-13-12(9-11)17(27)25(10-23-13)8-7-16(26)24-14-3-1-2-4-15(14)28-18(20,21)22/h1-6,9-10H,7-8H2,(H,24,26). The van der Waals surface area contributed by atoms with Crippen molar-refractivity contribution in [2.75, 3.05) is 5.32 Å². The van der Waals surface area contributed by atoms with Crippen molar-refractivity contribution in [2.45, 2.75) is 19.3 Å². The van der Waals surface area contributed by atoms with Gasteiger partial charge in [-0.1, -0.05) is 28.1 Å². The first-order chi connectivity index (χ1) is 13.2. The summed E-state index contributed by atoms with van der Waals surface area (Å²) in [5.74, 6) is -1.09. The Hall–Kier alpha value is -2.88. The van der Waals surface area contributed by atoms with Gasteiger partial charge in [-0.15, -0.1) is 13.2 Å². The number of nitrogens with zero attached hydrogens (tertiary/aromatic N) is 2. The number of nitrogens with one attached hydrogen (secondary N) is 1. The summed E-state index contributed by atoms with van der Waals surface area (Å²) in [6.07, 6.45) is -3.69. The molecule has 1 heterocycles. The second kappa shape index (κ2) is 8.01. The molecule has 1 N–H and O–H groups in total. The number of rotatable bonds is 5. The lowest BCUT2D eigenvalue weighted by molar-refractivity contribution is -0.274. The molecule has 2 aromatic carbocycles. The molecule has 0 saturated heterocycles. The van der Waals surface area contributed by atoms with Gasteiger partial charge in [0, 0.05) is 17.4 Å². The lowest BCUT2D eigenvalue weighted by Gasteiger charge is -2.14. The van der Waals surface area contributed by atoms with Crippen LogP contribution in [0.4, 0.5) is 18.9 Å². The van der Waals surface area contributed by atoms with Crippen LogP contribution in [-0.4, -0.2) is 21.8 Å². The van der Waals surface area contributed by atoms with Crippen molar-refractivity contribution in [2.24, 2.45) is 0 Å². The smallest absolute Gasteiger partial charge is 0.404 e. The van der Waals surface area contributed by atoms with Gasteiger partial charge in [-0.2, -0.15) is 0 Å². The Kier molecular flexibility index (Phi) is 5.68. The van der Waals surface area contributed by atoms with E-state index in [4.69, 9.17) is 0 Å². The van der Waals surface area contributed by atoms with Gasteiger partial charge in [-0.3, -0.25) is 14.2 Å². The van der Waals surface area contributed by atoms with Crippen LogP contribution in [0.25, 0.3) is 10.9 Å². The summed E-state index contributed by atoms with van der Waals surface area (Å²) in [7, 11) is 0. The second-order valence-corrected chi connectivity index (χ2v) is 6.66. The molecule has 0 unspecified atom stereocenters. The number of fused-ring (bicyclic) bond motifs is 1. The maximum absolute atomic E-state index is 12.5. The number of para-hydroxylation sites is 2. The van der Waals surface area contributed by atoms with Crippen molar-refractivity contribution in [3.05, 3.63) is 63.6 Å². The molecular formula is C18H13BrF3N3O3. The number of hydrogen-bond donors (Lipinski definition) is 1. The number of amides is 1. The van der Waals surface area contributed by atoms with Gasteiger partial charge in [0.1, 0.15) is 0 Å². The van der Waals surface area contributed by atoms with Crippen LogP contribution in [0.5, 0.6) is 5.75 Å². The Labute approximate surface area is 165 Å². The molecule has 0 saturated carbocycles. The SMILES string of the molecule is O=C(CCn1cnc2ccc(Br)cc2c1=O)Nc1ccccc1OC(F)(F)F. The van der Waals surface area contributed by atoms with Crippen molar-refractivity contribution in [1.29, 1.82) is 0 Å². The van der Waals surface area contributed by atoms with Crippen LogP contribution >= 0.6 is 15.9 Å². The van der Waals surface area contributed by atoms with Crippen molar-refractivity contribution in [3.8, 4) is 5.75 Å². The number of ether oxygens (including phenoxy) is 1. The number of alkyl halides is 3. The molecule has 0 bridgehead atoms. The molecule has 3 rings (SSSR count). The van der Waals surface area contributed by atoms with E-state index in [-0.39, 0.29) is 24.2 Å². The van der Waals surface area contributed by atoms with Crippen molar-refractivity contribution in [1.82, 2.24) is 9.55 Å². The minimum Gasteiger partial charge on any atom is -0.404 e. The zero-order valence-electron chi connectivity index (χ0n) is 14.2. The summed E-state index contributed by atoms with van der Waals surface area (Å²) >= 11 is 3.29. The van der Waals surface area contributed by atoms with Gasteiger partial charge in [-0.25, -0.2) is 4.98 Å². The number of carbonyl (C=O) groups excluding carboxylic acids is 1. The van der Waals surface area contributed by atoms with Gasteiger partial charge >= 0.3 is 6.36 Å². The quantitative estimate of drug-likeness (QED) is 0.628. The van der Waals surface area contributed by atoms with Crippen LogP contribution in [0.2, 0.25) is 0 Å². The number of aryl methyl sites for hydroxylation is 1. The Bertz CT molecular complexity index is 1080. The number of aromatic nitrogens is 2. The first-order valence-corrected chi connectivity index (χ1v) is 8.81. The van der Waals surface area contributed by atoms with Crippen LogP contribution in [0.1, 0.15) is 6.42 Å². The van der Waals surface area contributed by atoms with E-state index in [2.05, 4.69) is 31.0 Å². The van der Waals surface area contributed by atoms with E-state index in [9.17, 15) is 22.8 Å². The van der Waals surface area contributed by atoms with E-state index in [0.717, 1.165) is 10.5 Å². The molecule has 0 radical (unpaired) electrons. The third-order valence-corrected chi connectivity index (χ3v) is 4.25. The Morgan fingerprint density at radius 3 is 2.71 bits per heavy atom. The summed E-state index contributed by atoms with van der Waals surface area (Å²) in [5, 5.41) is 2.75. The molecule has 0 fully saturated rings. The number of benzene rings is 2. The molecule has 0 aliphatic carbocycles. The summed E-state index contributed by atoms with van der Waals surface area (Å²) in [6, 6.07) is 10.3. The van der Waals surface area contributed by atoms with Gasteiger partial charge < -0.3 is 10.1 Å². The molecule has 6 nitrogen and oxygen atoms in total. The molecule has 1 amide bonds. The van der Waals surface area contributed by atoms with Crippen molar-refractivity contribution in [3.63, 3.8) is 0 Å². The van der Waals surface area contributed by atoms with Gasteiger partial charge in [0.05, 0.1) is 22.9 Å². The second-order valence-electron chi connectivity index (χ2n) is 5.75. The Balaban J connectivity index is 1.71. The highest BCUT2D eigenvalue weighted by Crippen LogP contribution is 2.29. The molecule has 10 heteroatoms. The highest BCUT2D eigenvalue weighted by molar-refractivity contribution is 9.10. The lowest BCUT2D eigenvalue weighted by Crippen LogP contribution is -2.24. The number of hydrogen-bond acceptors (Lipinski definition) is 4. The average molecular weight is 456 g/mol. The molecule has 0 aliphatic heterocycles. The molecule has 0 spiro atoms. The zero-order valence-corrected chi connectivity index (χ0v) is 15.8. The average Bonchev–Trinajstić information content (AvgIpc) is 2.62. The summed E-state index contributed by atoms with van der Waals surface area (Å²) in [4.78, 5) is 28.8. The van der Waals surface area contributed by atoms with E-state index in [1.54, 1.807) is 18.2 Å². The summed E-state index contributed by atoms with van der Waals surface area (Å²) < 4.78 is 43.2. The molecule has 0 aliphatic rings. The van der Waals surface area contributed by atoms with Crippen LogP contribution in [0, 0.1) is 0 Å². The van der Waals surface area contributed by atoms with Crippen molar-refractivity contribution < 1.29 is 22.7 Å². The highest BCUT2D eigenvalue weighted by atomic mass is 79.9. The van der Waals surface area contributed by atoms with E-state index < -0.39 is 18.0 Å². The topological polar surface area (TPSA) is 73.2 Å². The van der Waals surface area contributed by atoms with E-state index in [1.807, 2.05) is 0 Å². The molecule has 28 heavy (non-hydrogen) atoms. The minimum atomic E-state index is -4.88. The van der Waals surface area contributed by atoms with Crippen molar-refractivity contribution >= 4 is 38.4 Å². The lowest BCUT2D eigenvalue weighted by atomic mass is 10.2. The highest BCUT2D eigenvalue weighted by Gasteiger charge is 2.32. The first-order valence-electron chi connectivity index (χ1n) is 8.02. The van der Waals surface area contributed by atoms with Gasteiger partial charge in [0.15, 0.2) is 5.75 Å². The maximum atomic E-state index is 12.5. The molecule has 3 aromatic rings. The van der Waals surface area contributed by atoms with Crippen LogP contribution in [0.15, 0.2) is 58.1 Å². The fourth-order valence-electron chi connectivity index (χ4n) is 2.51. The van der Waals surface area contributed by atoms with Crippen LogP contribution in [-0.2, 0) is 11.3 Å². The third kappa shape index (κ3) is 4.89. The summed E-state index contributed by atoms with van der Waals surface area (Å²) in [6.45, 7) is 0.0163. The Morgan fingerprint density at radius 2 is 1.96 bits per heavy atom. The third-order valence-electron chi connectivity index (χ3n) is 3.75. The zero-order chi connectivity index (χ0) is 20.3. The van der Waals surface area contributed by atoms with Gasteiger partial charge in [0.25, 0.3) is 5.56 Å². The molecule has 1 aromatic heterocycles. The normalized spacial score (nSPS) is 11.4. The fourth-order valence-corrected chi connectivity index (χ4v) is 2.87. The number of anilines is 1. The Morgan fingerprint density at radius 1 is 1.21 bits per heavy atom. The maximum Gasteiger partial charge on any atom is 0.573 e. The van der Waals surface area contributed by atoms with Crippen LogP contribution < -0.4 is 15.6 Å².